The molecule has 0 amide bonds. The lowest BCUT2D eigenvalue weighted by molar-refractivity contribution is 0.116. The molecule has 3 atom stereocenters. The Morgan fingerprint density at radius 1 is 1.18 bits per heavy atom. The third-order valence-electron chi connectivity index (χ3n) is 3.60. The van der Waals surface area contributed by atoms with E-state index in [0.29, 0.717) is 12.0 Å². The van der Waals surface area contributed by atoms with Crippen molar-refractivity contribution in [3.05, 3.63) is 23.7 Å². The quantitative estimate of drug-likeness (QED) is 0.857. The van der Waals surface area contributed by atoms with E-state index >= 15 is 0 Å². The van der Waals surface area contributed by atoms with Crippen LogP contribution in [0.25, 0.3) is 0 Å². The number of likely N-dealkylation sites (N-methyl/N-ethyl adjacent to an activating group) is 1. The lowest BCUT2D eigenvalue weighted by atomic mass is 9.99. The van der Waals surface area contributed by atoms with Crippen LogP contribution in [0.5, 0.6) is 0 Å². The van der Waals surface area contributed by atoms with Crippen molar-refractivity contribution in [2.45, 2.75) is 52.7 Å². The number of nitrogens with two attached hydrogens (primary N) is 1. The van der Waals surface area contributed by atoms with E-state index in [2.05, 4.69) is 32.7 Å². The van der Waals surface area contributed by atoms with E-state index in [0.717, 1.165) is 11.5 Å². The normalized spacial score (nSPS) is 17.5. The SMILES string of the molecule is Cc1ccc(C(C(C)N)N(C)C(C)C(C)C)o1. The molecule has 1 rings (SSSR count). The van der Waals surface area contributed by atoms with Gasteiger partial charge in [0.25, 0.3) is 0 Å². The van der Waals surface area contributed by atoms with E-state index in [4.69, 9.17) is 10.2 Å². The van der Waals surface area contributed by atoms with E-state index in [-0.39, 0.29) is 12.1 Å². The maximum absolute atomic E-state index is 6.12. The Hall–Kier alpha value is -0.800. The molecule has 0 spiro atoms. The van der Waals surface area contributed by atoms with Gasteiger partial charge < -0.3 is 10.2 Å². The van der Waals surface area contributed by atoms with E-state index in [1.54, 1.807) is 0 Å². The smallest absolute Gasteiger partial charge is 0.122 e. The lowest BCUT2D eigenvalue weighted by Gasteiger charge is -2.36. The largest absolute Gasteiger partial charge is 0.465 e. The molecule has 3 unspecified atom stereocenters. The van der Waals surface area contributed by atoms with Crippen molar-refractivity contribution in [1.29, 1.82) is 0 Å². The minimum Gasteiger partial charge on any atom is -0.465 e. The van der Waals surface area contributed by atoms with Crippen molar-refractivity contribution in [1.82, 2.24) is 4.90 Å². The molecular weight excluding hydrogens is 212 g/mol. The zero-order valence-corrected chi connectivity index (χ0v) is 11.9. The maximum Gasteiger partial charge on any atom is 0.122 e. The Morgan fingerprint density at radius 3 is 2.12 bits per heavy atom. The highest BCUT2D eigenvalue weighted by Gasteiger charge is 2.28. The Labute approximate surface area is 105 Å². The van der Waals surface area contributed by atoms with Gasteiger partial charge in [0, 0.05) is 12.1 Å². The molecule has 98 valence electrons. The van der Waals surface area contributed by atoms with Crippen LogP contribution in [0.1, 0.15) is 45.3 Å². The second-order valence-electron chi connectivity index (χ2n) is 5.40. The molecule has 0 aliphatic rings. The van der Waals surface area contributed by atoms with E-state index in [9.17, 15) is 0 Å². The molecule has 2 N–H and O–H groups in total. The predicted octanol–water partition coefficient (Wildman–Crippen LogP) is 2.95. The first-order valence-corrected chi connectivity index (χ1v) is 6.38. The topological polar surface area (TPSA) is 42.4 Å². The second-order valence-corrected chi connectivity index (χ2v) is 5.40. The summed E-state index contributed by atoms with van der Waals surface area (Å²) in [6.07, 6.45) is 0. The second kappa shape index (κ2) is 5.69. The molecular formula is C14H26N2O. The number of aryl methyl sites for hydroxylation is 1. The van der Waals surface area contributed by atoms with Crippen molar-refractivity contribution in [3.8, 4) is 0 Å². The van der Waals surface area contributed by atoms with Gasteiger partial charge in [-0.15, -0.1) is 0 Å². The van der Waals surface area contributed by atoms with Gasteiger partial charge in [-0.1, -0.05) is 13.8 Å². The molecule has 0 aliphatic carbocycles. The van der Waals surface area contributed by atoms with Crippen molar-refractivity contribution >= 4 is 0 Å². The summed E-state index contributed by atoms with van der Waals surface area (Å²) < 4.78 is 5.74. The van der Waals surface area contributed by atoms with Crippen LogP contribution in [0.3, 0.4) is 0 Å². The van der Waals surface area contributed by atoms with E-state index in [1.807, 2.05) is 26.0 Å². The number of hydrogen-bond acceptors (Lipinski definition) is 3. The molecule has 0 saturated heterocycles. The third-order valence-corrected chi connectivity index (χ3v) is 3.60. The fourth-order valence-corrected chi connectivity index (χ4v) is 2.17. The standard InChI is InChI=1S/C14H26N2O/c1-9(2)12(5)16(6)14(11(4)15)13-8-7-10(3)17-13/h7-9,11-12,14H,15H2,1-6H3. The summed E-state index contributed by atoms with van der Waals surface area (Å²) >= 11 is 0. The summed E-state index contributed by atoms with van der Waals surface area (Å²) in [7, 11) is 2.12. The fourth-order valence-electron chi connectivity index (χ4n) is 2.17. The van der Waals surface area contributed by atoms with Crippen molar-refractivity contribution in [2.24, 2.45) is 11.7 Å². The number of furan rings is 1. The molecule has 0 fully saturated rings. The van der Waals surface area contributed by atoms with E-state index < -0.39 is 0 Å². The number of nitrogens with zero attached hydrogens (tertiary/aromatic N) is 1. The minimum absolute atomic E-state index is 0.0479. The summed E-state index contributed by atoms with van der Waals surface area (Å²) in [5, 5.41) is 0. The maximum atomic E-state index is 6.12. The molecule has 3 nitrogen and oxygen atoms in total. The first-order valence-electron chi connectivity index (χ1n) is 6.38. The molecule has 3 heteroatoms. The van der Waals surface area contributed by atoms with Gasteiger partial charge >= 0.3 is 0 Å². The Morgan fingerprint density at radius 2 is 1.76 bits per heavy atom. The van der Waals surface area contributed by atoms with Crippen molar-refractivity contribution < 1.29 is 4.42 Å². The molecule has 0 aromatic carbocycles. The van der Waals surface area contributed by atoms with Crippen molar-refractivity contribution in [3.63, 3.8) is 0 Å². The fraction of sp³-hybridized carbons (Fsp3) is 0.714. The Balaban J connectivity index is 2.94. The van der Waals surface area contributed by atoms with Crippen LogP contribution < -0.4 is 5.73 Å². The highest BCUT2D eigenvalue weighted by molar-refractivity contribution is 5.12. The molecule has 1 aromatic rings. The van der Waals surface area contributed by atoms with Crippen LogP contribution >= 0.6 is 0 Å². The van der Waals surface area contributed by atoms with Gasteiger partial charge in [0.2, 0.25) is 0 Å². The average molecular weight is 238 g/mol. The molecule has 1 heterocycles. The lowest BCUT2D eigenvalue weighted by Crippen LogP contribution is -2.43. The van der Waals surface area contributed by atoms with Crippen LogP contribution in [-0.2, 0) is 0 Å². The van der Waals surface area contributed by atoms with Gasteiger partial charge in [-0.25, -0.2) is 0 Å². The van der Waals surface area contributed by atoms with Crippen LogP contribution in [0.4, 0.5) is 0 Å². The zero-order valence-electron chi connectivity index (χ0n) is 11.9. The van der Waals surface area contributed by atoms with Gasteiger partial charge in [0.15, 0.2) is 0 Å². The van der Waals surface area contributed by atoms with Crippen LogP contribution in [0.15, 0.2) is 16.5 Å². The molecule has 0 bridgehead atoms. The van der Waals surface area contributed by atoms with Gasteiger partial charge in [-0.2, -0.15) is 0 Å². The molecule has 0 radical (unpaired) electrons. The summed E-state index contributed by atoms with van der Waals surface area (Å²) in [6.45, 7) is 10.7. The Bertz CT molecular complexity index is 344. The third kappa shape index (κ3) is 3.33. The van der Waals surface area contributed by atoms with Crippen LogP contribution in [0.2, 0.25) is 0 Å². The van der Waals surface area contributed by atoms with E-state index in [1.165, 1.54) is 0 Å². The molecule has 0 aliphatic heterocycles. The average Bonchev–Trinajstić information content (AvgIpc) is 2.62. The number of rotatable bonds is 5. The van der Waals surface area contributed by atoms with Gasteiger partial charge in [-0.05, 0) is 45.9 Å². The van der Waals surface area contributed by atoms with Gasteiger partial charge in [0.05, 0.1) is 6.04 Å². The minimum atomic E-state index is 0.0479. The first-order chi connectivity index (χ1) is 7.84. The predicted molar refractivity (Wildman–Crippen MR) is 71.9 cm³/mol. The van der Waals surface area contributed by atoms with Gasteiger partial charge in [0.1, 0.15) is 11.5 Å². The van der Waals surface area contributed by atoms with Crippen LogP contribution in [0, 0.1) is 12.8 Å². The molecule has 1 aromatic heterocycles. The zero-order chi connectivity index (χ0) is 13.2. The highest BCUT2D eigenvalue weighted by Crippen LogP contribution is 2.27. The number of hydrogen-bond donors (Lipinski definition) is 1. The van der Waals surface area contributed by atoms with Crippen LogP contribution in [-0.4, -0.2) is 24.0 Å². The summed E-state index contributed by atoms with van der Waals surface area (Å²) in [5.41, 5.74) is 6.12. The molecule has 17 heavy (non-hydrogen) atoms. The highest BCUT2D eigenvalue weighted by atomic mass is 16.3. The first kappa shape index (κ1) is 14.3. The summed E-state index contributed by atoms with van der Waals surface area (Å²) in [6, 6.07) is 4.69. The van der Waals surface area contributed by atoms with Gasteiger partial charge in [-0.3, -0.25) is 4.90 Å². The monoisotopic (exact) mass is 238 g/mol. The molecule has 0 saturated carbocycles. The van der Waals surface area contributed by atoms with Crippen molar-refractivity contribution in [2.75, 3.05) is 7.05 Å². The Kier molecular flexibility index (Phi) is 4.78. The summed E-state index contributed by atoms with van der Waals surface area (Å²) in [4.78, 5) is 2.31. The summed E-state index contributed by atoms with van der Waals surface area (Å²) in [5.74, 6) is 2.50.